The quantitative estimate of drug-likeness (QED) is 0.472. The summed E-state index contributed by atoms with van der Waals surface area (Å²) in [5.74, 6) is -0.0745. The number of ether oxygens (including phenoxy) is 1. The van der Waals surface area contributed by atoms with Crippen molar-refractivity contribution in [3.05, 3.63) is 77.4 Å². The number of rotatable bonds is 5. The van der Waals surface area contributed by atoms with Crippen LogP contribution in [0.5, 0.6) is 0 Å². The number of amides is 3. The molecular weight excluding hydrogens is 528 g/mol. The predicted octanol–water partition coefficient (Wildman–Crippen LogP) is 3.92. The fourth-order valence-electron chi connectivity index (χ4n) is 6.55. The average molecular weight is 573 g/mol. The van der Waals surface area contributed by atoms with E-state index in [1.54, 1.807) is 0 Å². The first kappa shape index (κ1) is 30.0. The van der Waals surface area contributed by atoms with Gasteiger partial charge in [-0.1, -0.05) is 60.2 Å². The van der Waals surface area contributed by atoms with Gasteiger partial charge in [-0.3, -0.25) is 19.3 Å². The van der Waals surface area contributed by atoms with Gasteiger partial charge in [-0.05, 0) is 69.1 Å². The van der Waals surface area contributed by atoms with E-state index < -0.39 is 11.5 Å². The Morgan fingerprint density at radius 3 is 2.60 bits per heavy atom. The Labute approximate surface area is 249 Å². The van der Waals surface area contributed by atoms with Crippen molar-refractivity contribution in [1.29, 1.82) is 0 Å². The summed E-state index contributed by atoms with van der Waals surface area (Å²) in [5, 5.41) is 9.53. The number of piperidine rings is 1. The van der Waals surface area contributed by atoms with Crippen LogP contribution in [0.15, 0.2) is 60.7 Å². The van der Waals surface area contributed by atoms with Crippen LogP contribution in [0.4, 0.5) is 5.69 Å². The number of nitrogens with one attached hydrogen (secondary N) is 3. The van der Waals surface area contributed by atoms with Gasteiger partial charge in [0.15, 0.2) is 0 Å². The molecule has 5 rings (SSSR count). The molecule has 0 unspecified atom stereocenters. The number of nitrogens with zero attached hydrogens (tertiary/aromatic N) is 1. The lowest BCUT2D eigenvalue weighted by Gasteiger charge is -2.40. The molecule has 2 saturated heterocycles. The second-order valence-electron chi connectivity index (χ2n) is 12.3. The number of hydrogen-bond acceptors (Lipinski definition) is 5. The number of fused-ring (bicyclic) bond motifs is 1. The first-order chi connectivity index (χ1) is 20.3. The lowest BCUT2D eigenvalue weighted by molar-refractivity contribution is -0.140. The van der Waals surface area contributed by atoms with Crippen LogP contribution < -0.4 is 16.0 Å². The number of likely N-dealkylation sites (tertiary alicyclic amines) is 1. The van der Waals surface area contributed by atoms with Crippen LogP contribution in [-0.2, 0) is 25.5 Å². The summed E-state index contributed by atoms with van der Waals surface area (Å²) in [6.07, 6.45) is 8.16. The Morgan fingerprint density at radius 2 is 1.83 bits per heavy atom. The van der Waals surface area contributed by atoms with Gasteiger partial charge in [0.1, 0.15) is 6.04 Å². The third-order valence-corrected chi connectivity index (χ3v) is 9.12. The maximum Gasteiger partial charge on any atom is 0.243 e. The molecule has 42 heavy (non-hydrogen) atoms. The number of hydrogen-bond donors (Lipinski definition) is 3. The molecule has 0 radical (unpaired) electrons. The number of allylic oxidation sites excluding steroid dienone is 2. The molecule has 2 fully saturated rings. The summed E-state index contributed by atoms with van der Waals surface area (Å²) in [6.45, 7) is 6.87. The Bertz CT molecular complexity index is 1290. The van der Waals surface area contributed by atoms with Gasteiger partial charge < -0.3 is 20.7 Å². The van der Waals surface area contributed by atoms with Gasteiger partial charge in [0.25, 0.3) is 0 Å². The number of carbonyl (C=O) groups is 3. The minimum absolute atomic E-state index is 0.0276. The smallest absolute Gasteiger partial charge is 0.243 e. The molecule has 3 aliphatic rings. The molecule has 2 aromatic rings. The topological polar surface area (TPSA) is 99.8 Å². The highest BCUT2D eigenvalue weighted by molar-refractivity contribution is 5.93. The van der Waals surface area contributed by atoms with Crippen molar-refractivity contribution in [3.8, 4) is 0 Å². The molecule has 224 valence electrons. The number of benzene rings is 2. The summed E-state index contributed by atoms with van der Waals surface area (Å²) in [5.41, 5.74) is 3.49. The summed E-state index contributed by atoms with van der Waals surface area (Å²) in [7, 11) is 0. The minimum atomic E-state index is -0.662. The fourth-order valence-corrected chi connectivity index (χ4v) is 6.55. The minimum Gasteiger partial charge on any atom is -0.381 e. The second kappa shape index (κ2) is 13.7. The van der Waals surface area contributed by atoms with Gasteiger partial charge in [0, 0.05) is 44.5 Å². The monoisotopic (exact) mass is 572 g/mol. The van der Waals surface area contributed by atoms with E-state index in [1.807, 2.05) is 56.3 Å². The van der Waals surface area contributed by atoms with E-state index in [2.05, 4.69) is 39.1 Å². The summed E-state index contributed by atoms with van der Waals surface area (Å²) < 4.78 is 5.60. The average Bonchev–Trinajstić information content (AvgIpc) is 2.98. The number of carbonyl (C=O) groups excluding carboxylic acids is 3. The van der Waals surface area contributed by atoms with Crippen molar-refractivity contribution < 1.29 is 19.1 Å². The number of anilines is 1. The van der Waals surface area contributed by atoms with E-state index in [1.165, 1.54) is 5.56 Å². The highest BCUT2D eigenvalue weighted by atomic mass is 16.5. The molecule has 3 atom stereocenters. The SMILES string of the molecule is Cc1ccc(NC(=O)CN2CC[C@H]3NC(=O)[C@H](Cc4ccccc4)NC(=O)C4(C/C=C/C[C@H]3C2)CCOCC4)c(C)c1. The Morgan fingerprint density at radius 1 is 1.05 bits per heavy atom. The van der Waals surface area contributed by atoms with Crippen molar-refractivity contribution >= 4 is 23.4 Å². The van der Waals surface area contributed by atoms with E-state index in [4.69, 9.17) is 4.74 Å². The Kier molecular flexibility index (Phi) is 9.75. The molecule has 2 aromatic carbocycles. The van der Waals surface area contributed by atoms with Crippen LogP contribution in [-0.4, -0.2) is 67.6 Å². The van der Waals surface area contributed by atoms with E-state index in [9.17, 15) is 14.4 Å². The molecule has 0 aliphatic carbocycles. The van der Waals surface area contributed by atoms with Crippen LogP contribution in [0.2, 0.25) is 0 Å². The second-order valence-corrected chi connectivity index (χ2v) is 12.3. The van der Waals surface area contributed by atoms with Gasteiger partial charge in [0.2, 0.25) is 17.7 Å². The predicted molar refractivity (Wildman–Crippen MR) is 164 cm³/mol. The van der Waals surface area contributed by atoms with Gasteiger partial charge >= 0.3 is 0 Å². The standard InChI is InChI=1S/C34H44N4O4/c1-24-11-12-28(25(2)20-24)35-31(39)23-38-17-13-29-27(22-38)10-6-7-14-34(15-18-42-19-16-34)33(41)37-30(32(40)36-29)21-26-8-4-3-5-9-26/h3-9,11-12,20,27,29-30H,10,13-19,21-23H2,1-2H3,(H,35,39)(H,36,40)(H,37,41)/b7-6+/t27-,29+,30-/m0/s1. The summed E-state index contributed by atoms with van der Waals surface area (Å²) >= 11 is 0. The van der Waals surface area contributed by atoms with Crippen molar-refractivity contribution in [1.82, 2.24) is 15.5 Å². The molecule has 0 bridgehead atoms. The highest BCUT2D eigenvalue weighted by Gasteiger charge is 2.41. The van der Waals surface area contributed by atoms with Crippen molar-refractivity contribution in [2.24, 2.45) is 11.3 Å². The zero-order valence-corrected chi connectivity index (χ0v) is 24.9. The molecule has 3 heterocycles. The zero-order valence-electron chi connectivity index (χ0n) is 24.9. The summed E-state index contributed by atoms with van der Waals surface area (Å²) in [4.78, 5) is 42.7. The maximum absolute atomic E-state index is 13.8. The van der Waals surface area contributed by atoms with Gasteiger partial charge in [-0.15, -0.1) is 0 Å². The molecule has 1 spiro atoms. The normalized spacial score (nSPS) is 25.7. The van der Waals surface area contributed by atoms with Crippen LogP contribution in [0.1, 0.15) is 48.8 Å². The Hall–Kier alpha value is -3.49. The van der Waals surface area contributed by atoms with E-state index >= 15 is 0 Å². The van der Waals surface area contributed by atoms with Crippen LogP contribution in [0.3, 0.4) is 0 Å². The molecule has 8 heteroatoms. The van der Waals surface area contributed by atoms with E-state index in [0.717, 1.165) is 29.7 Å². The first-order valence-electron chi connectivity index (χ1n) is 15.3. The van der Waals surface area contributed by atoms with Crippen molar-refractivity contribution in [2.45, 2.75) is 64.5 Å². The van der Waals surface area contributed by atoms with E-state index in [-0.39, 0.29) is 29.7 Å². The van der Waals surface area contributed by atoms with Crippen LogP contribution in [0.25, 0.3) is 0 Å². The summed E-state index contributed by atoms with van der Waals surface area (Å²) in [6, 6.07) is 15.2. The maximum atomic E-state index is 13.8. The van der Waals surface area contributed by atoms with Gasteiger partial charge in [-0.25, -0.2) is 0 Å². The largest absolute Gasteiger partial charge is 0.381 e. The zero-order chi connectivity index (χ0) is 29.5. The van der Waals surface area contributed by atoms with Gasteiger partial charge in [-0.2, -0.15) is 0 Å². The molecular formula is C34H44N4O4. The highest BCUT2D eigenvalue weighted by Crippen LogP contribution is 2.36. The van der Waals surface area contributed by atoms with Crippen molar-refractivity contribution in [3.63, 3.8) is 0 Å². The Balaban J connectivity index is 1.31. The molecule has 3 amide bonds. The van der Waals surface area contributed by atoms with Gasteiger partial charge in [0.05, 0.1) is 12.0 Å². The van der Waals surface area contributed by atoms with Crippen LogP contribution in [0, 0.1) is 25.2 Å². The molecule has 8 nitrogen and oxygen atoms in total. The first-order valence-corrected chi connectivity index (χ1v) is 15.3. The van der Waals surface area contributed by atoms with Crippen LogP contribution >= 0.6 is 0 Å². The third kappa shape index (κ3) is 7.47. The molecule has 3 aliphatic heterocycles. The van der Waals surface area contributed by atoms with E-state index in [0.29, 0.717) is 58.5 Å². The molecule has 3 N–H and O–H groups in total. The lowest BCUT2D eigenvalue weighted by atomic mass is 9.75. The van der Waals surface area contributed by atoms with Crippen molar-refractivity contribution in [2.75, 3.05) is 38.2 Å². The number of aryl methyl sites for hydroxylation is 2. The molecule has 0 aromatic heterocycles. The fraction of sp³-hybridized carbons (Fsp3) is 0.500. The lowest BCUT2D eigenvalue weighted by Crippen LogP contribution is -2.58. The third-order valence-electron chi connectivity index (χ3n) is 9.12. The molecule has 0 saturated carbocycles.